The van der Waals surface area contributed by atoms with E-state index in [4.69, 9.17) is 10.5 Å². The van der Waals surface area contributed by atoms with E-state index in [9.17, 15) is 0 Å². The van der Waals surface area contributed by atoms with Crippen molar-refractivity contribution in [1.29, 1.82) is 0 Å². The first-order chi connectivity index (χ1) is 6.63. The third-order valence-corrected chi connectivity index (χ3v) is 2.59. The maximum atomic E-state index is 5.91. The molecule has 0 aliphatic carbocycles. The molecule has 0 spiro atoms. The largest absolute Gasteiger partial charge is 0.383 e. The second-order valence-electron chi connectivity index (χ2n) is 4.08. The average molecular weight is 202 g/mol. The number of nitrogens with zero attached hydrogens (tertiary/aromatic N) is 1. The Morgan fingerprint density at radius 1 is 1.29 bits per heavy atom. The van der Waals surface area contributed by atoms with Gasteiger partial charge in [0, 0.05) is 26.2 Å². The molecule has 0 aliphatic rings. The summed E-state index contributed by atoms with van der Waals surface area (Å²) in [6.07, 6.45) is 1.23. The van der Waals surface area contributed by atoms with Gasteiger partial charge < -0.3 is 15.4 Å². The lowest BCUT2D eigenvalue weighted by Gasteiger charge is -2.26. The molecule has 0 heterocycles. The van der Waals surface area contributed by atoms with Crippen LogP contribution in [0.2, 0.25) is 0 Å². The van der Waals surface area contributed by atoms with E-state index in [1.165, 1.54) is 6.42 Å². The van der Waals surface area contributed by atoms with Gasteiger partial charge in [0.1, 0.15) is 0 Å². The van der Waals surface area contributed by atoms with Crippen molar-refractivity contribution in [3.63, 3.8) is 0 Å². The first-order valence-electron chi connectivity index (χ1n) is 5.60. The minimum atomic E-state index is 0.143. The van der Waals surface area contributed by atoms with Crippen molar-refractivity contribution in [2.75, 3.05) is 33.4 Å². The number of rotatable bonds is 8. The zero-order valence-electron chi connectivity index (χ0n) is 10.1. The first kappa shape index (κ1) is 13.9. The van der Waals surface area contributed by atoms with Gasteiger partial charge in [0.15, 0.2) is 0 Å². The Morgan fingerprint density at radius 3 is 2.36 bits per heavy atom. The fourth-order valence-electron chi connectivity index (χ4n) is 1.50. The molecule has 0 aliphatic heterocycles. The second-order valence-corrected chi connectivity index (χ2v) is 4.08. The van der Waals surface area contributed by atoms with Crippen LogP contribution < -0.4 is 5.73 Å². The summed E-state index contributed by atoms with van der Waals surface area (Å²) in [6, 6.07) is 0.143. The minimum Gasteiger partial charge on any atom is -0.383 e. The number of hydrogen-bond donors (Lipinski definition) is 1. The van der Waals surface area contributed by atoms with Gasteiger partial charge in [-0.3, -0.25) is 0 Å². The minimum absolute atomic E-state index is 0.143. The highest BCUT2D eigenvalue weighted by Crippen LogP contribution is 2.04. The molecule has 0 amide bonds. The number of nitrogens with two attached hydrogens (primary N) is 1. The van der Waals surface area contributed by atoms with Crippen LogP contribution in [0, 0.1) is 5.92 Å². The topological polar surface area (TPSA) is 38.5 Å². The monoisotopic (exact) mass is 202 g/mol. The molecule has 2 N–H and O–H groups in total. The van der Waals surface area contributed by atoms with Crippen molar-refractivity contribution in [2.45, 2.75) is 33.2 Å². The normalized spacial score (nSPS) is 15.9. The van der Waals surface area contributed by atoms with E-state index >= 15 is 0 Å². The number of hydrogen-bond acceptors (Lipinski definition) is 3. The molecule has 0 radical (unpaired) electrons. The third kappa shape index (κ3) is 6.35. The number of likely N-dealkylation sites (N-methyl/N-ethyl adjacent to an activating group) is 1. The molecule has 0 fully saturated rings. The highest BCUT2D eigenvalue weighted by atomic mass is 16.5. The molecule has 0 aromatic rings. The highest BCUT2D eigenvalue weighted by molar-refractivity contribution is 4.68. The van der Waals surface area contributed by atoms with Gasteiger partial charge in [0.05, 0.1) is 6.61 Å². The van der Waals surface area contributed by atoms with Gasteiger partial charge >= 0.3 is 0 Å². The quantitative estimate of drug-likeness (QED) is 0.645. The summed E-state index contributed by atoms with van der Waals surface area (Å²) < 4.78 is 5.03. The van der Waals surface area contributed by atoms with Crippen LogP contribution in [0.15, 0.2) is 0 Å². The standard InChI is InChI=1S/C11H26N2O/c1-5-10(3)7-13(6-2)8-11(12)9-14-4/h10-11H,5-9,12H2,1-4H3. The predicted molar refractivity (Wildman–Crippen MR) is 61.4 cm³/mol. The molecule has 0 bridgehead atoms. The molecule has 3 heteroatoms. The summed E-state index contributed by atoms with van der Waals surface area (Å²) in [5.74, 6) is 0.754. The summed E-state index contributed by atoms with van der Waals surface area (Å²) in [4.78, 5) is 2.40. The zero-order chi connectivity index (χ0) is 11.0. The van der Waals surface area contributed by atoms with Crippen molar-refractivity contribution < 1.29 is 4.74 Å². The number of ether oxygens (including phenoxy) is 1. The molecule has 3 nitrogen and oxygen atoms in total. The van der Waals surface area contributed by atoms with Gasteiger partial charge in [-0.2, -0.15) is 0 Å². The van der Waals surface area contributed by atoms with E-state index in [0.29, 0.717) is 6.61 Å². The van der Waals surface area contributed by atoms with Crippen LogP contribution in [-0.4, -0.2) is 44.3 Å². The average Bonchev–Trinajstić information content (AvgIpc) is 2.16. The predicted octanol–water partition coefficient (Wildman–Crippen LogP) is 1.33. The first-order valence-corrected chi connectivity index (χ1v) is 5.60. The zero-order valence-corrected chi connectivity index (χ0v) is 10.1. The van der Waals surface area contributed by atoms with Crippen molar-refractivity contribution in [3.8, 4) is 0 Å². The van der Waals surface area contributed by atoms with Crippen LogP contribution in [0.3, 0.4) is 0 Å². The SMILES string of the molecule is CCC(C)CN(CC)CC(N)COC. The molecule has 86 valence electrons. The fourth-order valence-corrected chi connectivity index (χ4v) is 1.50. The third-order valence-electron chi connectivity index (χ3n) is 2.59. The lowest BCUT2D eigenvalue weighted by molar-refractivity contribution is 0.149. The summed E-state index contributed by atoms with van der Waals surface area (Å²) >= 11 is 0. The second kappa shape index (κ2) is 8.21. The van der Waals surface area contributed by atoms with Crippen molar-refractivity contribution in [2.24, 2.45) is 11.7 Å². The molecule has 0 aromatic heterocycles. The maximum Gasteiger partial charge on any atom is 0.0626 e. The molecule has 0 saturated carbocycles. The molecule has 0 aromatic carbocycles. The summed E-state index contributed by atoms with van der Waals surface area (Å²) in [6.45, 7) is 10.5. The van der Waals surface area contributed by atoms with Crippen molar-refractivity contribution in [3.05, 3.63) is 0 Å². The van der Waals surface area contributed by atoms with Crippen molar-refractivity contribution in [1.82, 2.24) is 4.90 Å². The molecule has 14 heavy (non-hydrogen) atoms. The molecule has 2 atom stereocenters. The molecular formula is C11H26N2O. The van der Waals surface area contributed by atoms with Gasteiger partial charge in [0.25, 0.3) is 0 Å². The molecule has 2 unspecified atom stereocenters. The van der Waals surface area contributed by atoms with Crippen LogP contribution >= 0.6 is 0 Å². The van der Waals surface area contributed by atoms with Crippen LogP contribution in [0.25, 0.3) is 0 Å². The van der Waals surface area contributed by atoms with E-state index in [0.717, 1.165) is 25.6 Å². The van der Waals surface area contributed by atoms with Crippen LogP contribution in [0.1, 0.15) is 27.2 Å². The summed E-state index contributed by atoms with van der Waals surface area (Å²) in [7, 11) is 1.70. The van der Waals surface area contributed by atoms with Crippen molar-refractivity contribution >= 4 is 0 Å². The maximum absolute atomic E-state index is 5.91. The van der Waals surface area contributed by atoms with Gasteiger partial charge in [-0.25, -0.2) is 0 Å². The summed E-state index contributed by atoms with van der Waals surface area (Å²) in [5.41, 5.74) is 5.91. The van der Waals surface area contributed by atoms with Gasteiger partial charge in [0.2, 0.25) is 0 Å². The van der Waals surface area contributed by atoms with E-state index in [2.05, 4.69) is 25.7 Å². The Hall–Kier alpha value is -0.120. The van der Waals surface area contributed by atoms with Gasteiger partial charge in [-0.1, -0.05) is 27.2 Å². The van der Waals surface area contributed by atoms with E-state index < -0.39 is 0 Å². The van der Waals surface area contributed by atoms with E-state index in [-0.39, 0.29) is 6.04 Å². The van der Waals surface area contributed by atoms with Gasteiger partial charge in [-0.15, -0.1) is 0 Å². The Bertz CT molecular complexity index is 130. The Balaban J connectivity index is 3.77. The highest BCUT2D eigenvalue weighted by Gasteiger charge is 2.11. The lowest BCUT2D eigenvalue weighted by atomic mass is 10.1. The number of methoxy groups -OCH3 is 1. The van der Waals surface area contributed by atoms with Crippen LogP contribution in [-0.2, 0) is 4.74 Å². The summed E-state index contributed by atoms with van der Waals surface area (Å²) in [5, 5.41) is 0. The fraction of sp³-hybridized carbons (Fsp3) is 1.00. The smallest absolute Gasteiger partial charge is 0.0626 e. The molecule has 0 rings (SSSR count). The lowest BCUT2D eigenvalue weighted by Crippen LogP contribution is -2.41. The Morgan fingerprint density at radius 2 is 1.93 bits per heavy atom. The van der Waals surface area contributed by atoms with E-state index in [1.54, 1.807) is 7.11 Å². The van der Waals surface area contributed by atoms with Crippen LogP contribution in [0.4, 0.5) is 0 Å². The Labute approximate surface area is 88.6 Å². The Kier molecular flexibility index (Phi) is 8.14. The molecule has 0 saturated heterocycles. The van der Waals surface area contributed by atoms with Gasteiger partial charge in [-0.05, 0) is 12.5 Å². The van der Waals surface area contributed by atoms with E-state index in [1.807, 2.05) is 0 Å². The molecular weight excluding hydrogens is 176 g/mol. The van der Waals surface area contributed by atoms with Crippen LogP contribution in [0.5, 0.6) is 0 Å².